The predicted molar refractivity (Wildman–Crippen MR) is 102 cm³/mol. The van der Waals surface area contributed by atoms with Crippen LogP contribution in [-0.2, 0) is 23.9 Å². The molecule has 1 aliphatic heterocycles. The molecule has 8 heteroatoms. The van der Waals surface area contributed by atoms with Gasteiger partial charge in [0, 0.05) is 12.2 Å². The Morgan fingerprint density at radius 2 is 1.90 bits per heavy atom. The number of nitrogens with zero attached hydrogens (tertiary/aromatic N) is 2. The highest BCUT2D eigenvalue weighted by Gasteiger charge is 2.47. The molecular formula is C21H21N3O5. The van der Waals surface area contributed by atoms with Crippen molar-refractivity contribution >= 4 is 29.4 Å². The van der Waals surface area contributed by atoms with E-state index in [1.807, 2.05) is 18.2 Å². The zero-order valence-electron chi connectivity index (χ0n) is 16.0. The number of ether oxygens (including phenoxy) is 1. The molecule has 0 radical (unpaired) electrons. The van der Waals surface area contributed by atoms with Crippen molar-refractivity contribution in [3.63, 3.8) is 0 Å². The molecule has 1 aromatic rings. The first kappa shape index (κ1) is 20.3. The van der Waals surface area contributed by atoms with E-state index in [4.69, 9.17) is 10.00 Å². The van der Waals surface area contributed by atoms with Crippen LogP contribution in [0.25, 0.3) is 0 Å². The van der Waals surface area contributed by atoms with Gasteiger partial charge >= 0.3 is 5.97 Å². The molecule has 1 saturated heterocycles. The van der Waals surface area contributed by atoms with Gasteiger partial charge in [-0.1, -0.05) is 18.2 Å². The van der Waals surface area contributed by atoms with Crippen molar-refractivity contribution in [2.75, 3.05) is 11.9 Å². The molecule has 1 fully saturated rings. The Kier molecular flexibility index (Phi) is 6.07. The number of rotatable bonds is 6. The number of carbonyl (C=O) groups excluding carboxylic acids is 4. The van der Waals surface area contributed by atoms with Gasteiger partial charge in [0.25, 0.3) is 5.91 Å². The third kappa shape index (κ3) is 4.51. The fourth-order valence-corrected chi connectivity index (χ4v) is 3.51. The maximum Gasteiger partial charge on any atom is 0.308 e. The number of likely N-dealkylation sites (tertiary alicyclic amines) is 1. The summed E-state index contributed by atoms with van der Waals surface area (Å²) in [5, 5.41) is 11.5. The molecule has 0 unspecified atom stereocenters. The van der Waals surface area contributed by atoms with Crippen LogP contribution in [0.4, 0.5) is 5.69 Å². The molecule has 1 aliphatic carbocycles. The summed E-state index contributed by atoms with van der Waals surface area (Å²) in [5.74, 6) is -2.39. The fourth-order valence-electron chi connectivity index (χ4n) is 3.51. The maximum absolute atomic E-state index is 12.4. The van der Waals surface area contributed by atoms with Crippen molar-refractivity contribution in [2.24, 2.45) is 11.8 Å². The third-order valence-corrected chi connectivity index (χ3v) is 5.08. The average Bonchev–Trinajstić information content (AvgIpc) is 2.97. The number of nitrogens with one attached hydrogen (secondary N) is 1. The Bertz CT molecular complexity index is 891. The average molecular weight is 395 g/mol. The van der Waals surface area contributed by atoms with Gasteiger partial charge in [0.2, 0.25) is 11.8 Å². The van der Waals surface area contributed by atoms with Gasteiger partial charge in [0.05, 0.1) is 29.9 Å². The quantitative estimate of drug-likeness (QED) is 0.446. The van der Waals surface area contributed by atoms with E-state index >= 15 is 0 Å². The number of nitriles is 1. The molecule has 8 nitrogen and oxygen atoms in total. The molecule has 3 atom stereocenters. The number of allylic oxidation sites excluding steroid dienone is 2. The largest absolute Gasteiger partial charge is 0.452 e. The molecule has 0 spiro atoms. The van der Waals surface area contributed by atoms with Crippen LogP contribution in [0.15, 0.2) is 36.4 Å². The van der Waals surface area contributed by atoms with Gasteiger partial charge in [0.15, 0.2) is 6.10 Å². The number of benzene rings is 1. The van der Waals surface area contributed by atoms with Crippen LogP contribution in [0.3, 0.4) is 0 Å². The number of carbonyl (C=O) groups is 4. The highest BCUT2D eigenvalue weighted by Crippen LogP contribution is 2.35. The number of fused-ring (bicyclic) bond motifs is 1. The standard InChI is InChI=1S/C21H21N3O5/c1-13(19(26)23-15-6-4-5-14(11-15)12-22)29-18(25)9-10-24-20(27)16-7-2-3-8-17(16)21(24)28/h2-6,11,13,16-17H,7-10H2,1H3,(H,23,26)/t13-,16-,17+/m0/s1. The summed E-state index contributed by atoms with van der Waals surface area (Å²) in [6.07, 6.45) is 3.64. The summed E-state index contributed by atoms with van der Waals surface area (Å²) in [6.45, 7) is 1.37. The van der Waals surface area contributed by atoms with Crippen molar-refractivity contribution in [2.45, 2.75) is 32.3 Å². The molecule has 0 saturated carbocycles. The third-order valence-electron chi connectivity index (χ3n) is 5.08. The fraction of sp³-hybridized carbons (Fsp3) is 0.381. The van der Waals surface area contributed by atoms with Gasteiger partial charge < -0.3 is 10.1 Å². The molecule has 1 aromatic carbocycles. The lowest BCUT2D eigenvalue weighted by Crippen LogP contribution is -2.35. The first-order chi connectivity index (χ1) is 13.9. The highest BCUT2D eigenvalue weighted by atomic mass is 16.5. The SMILES string of the molecule is C[C@H](OC(=O)CCN1C(=O)[C@H]2CC=CC[C@H]2C1=O)C(=O)Nc1cccc(C#N)c1. The van der Waals surface area contributed by atoms with Crippen molar-refractivity contribution in [1.29, 1.82) is 5.26 Å². The van der Waals surface area contributed by atoms with Crippen LogP contribution in [0.5, 0.6) is 0 Å². The zero-order chi connectivity index (χ0) is 21.0. The number of amides is 3. The van der Waals surface area contributed by atoms with E-state index in [1.165, 1.54) is 13.0 Å². The summed E-state index contributed by atoms with van der Waals surface area (Å²) in [7, 11) is 0. The molecule has 1 heterocycles. The van der Waals surface area contributed by atoms with Crippen LogP contribution in [-0.4, -0.2) is 41.2 Å². The zero-order valence-corrected chi connectivity index (χ0v) is 16.0. The van der Waals surface area contributed by atoms with Crippen molar-refractivity contribution in [3.8, 4) is 6.07 Å². The van der Waals surface area contributed by atoms with Crippen LogP contribution in [0.1, 0.15) is 31.7 Å². The first-order valence-corrected chi connectivity index (χ1v) is 9.41. The van der Waals surface area contributed by atoms with E-state index in [2.05, 4.69) is 5.32 Å². The van der Waals surface area contributed by atoms with Crippen LogP contribution < -0.4 is 5.32 Å². The van der Waals surface area contributed by atoms with Gasteiger partial charge in [-0.15, -0.1) is 0 Å². The molecule has 29 heavy (non-hydrogen) atoms. The minimum absolute atomic E-state index is 0.0535. The van der Waals surface area contributed by atoms with Gasteiger partial charge in [-0.2, -0.15) is 5.26 Å². The number of hydrogen-bond donors (Lipinski definition) is 1. The smallest absolute Gasteiger partial charge is 0.308 e. The molecule has 0 aromatic heterocycles. The van der Waals surface area contributed by atoms with E-state index in [-0.39, 0.29) is 36.6 Å². The van der Waals surface area contributed by atoms with E-state index in [0.29, 0.717) is 24.1 Å². The van der Waals surface area contributed by atoms with Gasteiger partial charge in [-0.25, -0.2) is 0 Å². The molecule has 3 rings (SSSR count). The first-order valence-electron chi connectivity index (χ1n) is 9.41. The molecule has 2 aliphatic rings. The minimum Gasteiger partial charge on any atom is -0.452 e. The summed E-state index contributed by atoms with van der Waals surface area (Å²) < 4.78 is 5.11. The van der Waals surface area contributed by atoms with Crippen molar-refractivity contribution in [1.82, 2.24) is 4.90 Å². The lowest BCUT2D eigenvalue weighted by Gasteiger charge is -2.16. The summed E-state index contributed by atoms with van der Waals surface area (Å²) in [5.41, 5.74) is 0.810. The Morgan fingerprint density at radius 1 is 1.24 bits per heavy atom. The topological polar surface area (TPSA) is 117 Å². The number of imide groups is 1. The van der Waals surface area contributed by atoms with Crippen LogP contribution >= 0.6 is 0 Å². The predicted octanol–water partition coefficient (Wildman–Crippen LogP) is 1.77. The highest BCUT2D eigenvalue weighted by molar-refractivity contribution is 6.05. The van der Waals surface area contributed by atoms with Gasteiger partial charge in [0.1, 0.15) is 0 Å². The Hall–Kier alpha value is -3.47. The molecule has 0 bridgehead atoms. The second-order valence-electron chi connectivity index (χ2n) is 7.05. The minimum atomic E-state index is -1.06. The molecular weight excluding hydrogens is 374 g/mol. The summed E-state index contributed by atoms with van der Waals surface area (Å²) in [4.78, 5) is 50.2. The summed E-state index contributed by atoms with van der Waals surface area (Å²) >= 11 is 0. The van der Waals surface area contributed by atoms with E-state index < -0.39 is 18.0 Å². The Morgan fingerprint density at radius 3 is 2.52 bits per heavy atom. The van der Waals surface area contributed by atoms with Gasteiger partial charge in [-0.05, 0) is 38.0 Å². The van der Waals surface area contributed by atoms with Crippen LogP contribution in [0.2, 0.25) is 0 Å². The monoisotopic (exact) mass is 395 g/mol. The number of hydrogen-bond acceptors (Lipinski definition) is 6. The number of anilines is 1. The maximum atomic E-state index is 12.4. The van der Waals surface area contributed by atoms with Gasteiger partial charge in [-0.3, -0.25) is 24.1 Å². The van der Waals surface area contributed by atoms with E-state index in [1.54, 1.807) is 18.2 Å². The van der Waals surface area contributed by atoms with E-state index in [9.17, 15) is 19.2 Å². The van der Waals surface area contributed by atoms with E-state index in [0.717, 1.165) is 4.90 Å². The number of esters is 1. The molecule has 1 N–H and O–H groups in total. The van der Waals surface area contributed by atoms with Crippen LogP contribution in [0, 0.1) is 23.2 Å². The lowest BCUT2D eigenvalue weighted by atomic mass is 9.85. The van der Waals surface area contributed by atoms with Crippen molar-refractivity contribution in [3.05, 3.63) is 42.0 Å². The summed E-state index contributed by atoms with van der Waals surface area (Å²) in [6, 6.07) is 8.32. The van der Waals surface area contributed by atoms with Crippen molar-refractivity contribution < 1.29 is 23.9 Å². The molecule has 150 valence electrons. The Balaban J connectivity index is 1.49. The Labute approximate surface area is 168 Å². The lowest BCUT2D eigenvalue weighted by molar-refractivity contribution is -0.154. The molecule has 3 amide bonds. The second kappa shape index (κ2) is 8.69. The normalized spacial score (nSPS) is 21.3. The second-order valence-corrected chi connectivity index (χ2v) is 7.05.